The Morgan fingerprint density at radius 3 is 3.07 bits per heavy atom. The third kappa shape index (κ3) is 3.00. The van der Waals surface area contributed by atoms with Crippen LogP contribution >= 0.6 is 11.3 Å². The van der Waals surface area contributed by atoms with Gasteiger partial charge in [0, 0.05) is 17.6 Å². The van der Waals surface area contributed by atoms with Gasteiger partial charge in [0.05, 0.1) is 6.04 Å². The lowest BCUT2D eigenvalue weighted by Crippen LogP contribution is -2.26. The molecular weight excluding hydrogens is 206 g/mol. The number of rotatable bonds is 3. The van der Waals surface area contributed by atoms with Crippen LogP contribution in [0.4, 0.5) is 0 Å². The Morgan fingerprint density at radius 1 is 1.53 bits per heavy atom. The van der Waals surface area contributed by atoms with Crippen LogP contribution in [0.25, 0.3) is 0 Å². The summed E-state index contributed by atoms with van der Waals surface area (Å²) in [4.78, 5) is 8.07. The lowest BCUT2D eigenvalue weighted by molar-refractivity contribution is 0.406. The van der Waals surface area contributed by atoms with E-state index in [-0.39, 0.29) is 0 Å². The highest BCUT2D eigenvalue weighted by Crippen LogP contribution is 2.26. The van der Waals surface area contributed by atoms with E-state index in [4.69, 9.17) is 0 Å². The van der Waals surface area contributed by atoms with Crippen molar-refractivity contribution in [3.63, 3.8) is 0 Å². The lowest BCUT2D eigenvalue weighted by atomic mass is 10.1. The van der Waals surface area contributed by atoms with E-state index < -0.39 is 0 Å². The largest absolute Gasteiger partial charge is 0.308 e. The van der Waals surface area contributed by atoms with Crippen LogP contribution in [-0.4, -0.2) is 30.5 Å². The van der Waals surface area contributed by atoms with Crippen LogP contribution in [0.15, 0.2) is 6.20 Å². The van der Waals surface area contributed by atoms with E-state index >= 15 is 0 Å². The molecule has 0 amide bonds. The summed E-state index contributed by atoms with van der Waals surface area (Å²) in [5.41, 5.74) is 0. The second-order valence-electron chi connectivity index (χ2n) is 4.41. The Labute approximate surface area is 95.5 Å². The number of hydrogen-bond donors (Lipinski definition) is 1. The van der Waals surface area contributed by atoms with Gasteiger partial charge < -0.3 is 10.2 Å². The third-order valence-corrected chi connectivity index (χ3v) is 3.75. The van der Waals surface area contributed by atoms with Gasteiger partial charge in [-0.15, -0.1) is 11.3 Å². The molecule has 1 fully saturated rings. The molecule has 15 heavy (non-hydrogen) atoms. The molecule has 0 aromatic carbocycles. The summed E-state index contributed by atoms with van der Waals surface area (Å²) in [5, 5.41) is 4.81. The van der Waals surface area contributed by atoms with E-state index in [1.165, 1.54) is 29.1 Å². The topological polar surface area (TPSA) is 28.2 Å². The molecule has 2 heterocycles. The molecule has 1 saturated heterocycles. The normalized spacial score (nSPS) is 22.2. The monoisotopic (exact) mass is 225 g/mol. The molecule has 1 aromatic heterocycles. The number of nitrogens with one attached hydrogen (secondary N) is 1. The molecular formula is C11H19N3S. The van der Waals surface area contributed by atoms with Gasteiger partial charge in [0.1, 0.15) is 5.01 Å². The Hall–Kier alpha value is -0.450. The predicted octanol–water partition coefficient (Wildman–Crippen LogP) is 2.02. The predicted molar refractivity (Wildman–Crippen MR) is 64.1 cm³/mol. The molecule has 0 bridgehead atoms. The lowest BCUT2D eigenvalue weighted by Gasteiger charge is -2.21. The average molecular weight is 225 g/mol. The van der Waals surface area contributed by atoms with Crippen molar-refractivity contribution in [2.24, 2.45) is 0 Å². The van der Waals surface area contributed by atoms with Gasteiger partial charge in [-0.25, -0.2) is 4.98 Å². The van der Waals surface area contributed by atoms with E-state index in [1.54, 1.807) is 0 Å². The maximum Gasteiger partial charge on any atom is 0.110 e. The van der Waals surface area contributed by atoms with Crippen molar-refractivity contribution >= 4 is 11.3 Å². The zero-order valence-corrected chi connectivity index (χ0v) is 10.3. The molecule has 2 rings (SSSR count). The van der Waals surface area contributed by atoms with E-state index in [9.17, 15) is 0 Å². The van der Waals surface area contributed by atoms with E-state index in [0.717, 1.165) is 13.1 Å². The number of piperidine rings is 1. The molecule has 3 nitrogen and oxygen atoms in total. The summed E-state index contributed by atoms with van der Waals surface area (Å²) >= 11 is 1.85. The van der Waals surface area contributed by atoms with Gasteiger partial charge in [0.25, 0.3) is 0 Å². The summed E-state index contributed by atoms with van der Waals surface area (Å²) in [7, 11) is 4.19. The fraction of sp³-hybridized carbons (Fsp3) is 0.727. The molecule has 0 saturated carbocycles. The van der Waals surface area contributed by atoms with Gasteiger partial charge in [-0.2, -0.15) is 0 Å². The molecule has 1 unspecified atom stereocenters. The molecule has 1 aromatic rings. The van der Waals surface area contributed by atoms with Crippen molar-refractivity contribution in [2.45, 2.75) is 31.8 Å². The number of hydrogen-bond acceptors (Lipinski definition) is 4. The summed E-state index contributed by atoms with van der Waals surface area (Å²) in [6, 6.07) is 0.514. The first-order valence-corrected chi connectivity index (χ1v) is 6.40. The minimum absolute atomic E-state index is 0.514. The number of nitrogens with zero attached hydrogens (tertiary/aromatic N) is 2. The van der Waals surface area contributed by atoms with Crippen molar-refractivity contribution in [1.29, 1.82) is 0 Å². The smallest absolute Gasteiger partial charge is 0.110 e. The summed E-state index contributed by atoms with van der Waals surface area (Å²) in [6.45, 7) is 2.15. The van der Waals surface area contributed by atoms with Crippen molar-refractivity contribution in [2.75, 3.05) is 20.6 Å². The van der Waals surface area contributed by atoms with Gasteiger partial charge in [0.15, 0.2) is 0 Å². The van der Waals surface area contributed by atoms with Gasteiger partial charge in [0.2, 0.25) is 0 Å². The number of thiazole rings is 1. The molecule has 0 aliphatic carbocycles. The first-order valence-electron chi connectivity index (χ1n) is 5.58. The molecule has 84 valence electrons. The van der Waals surface area contributed by atoms with Gasteiger partial charge in [-0.3, -0.25) is 0 Å². The van der Waals surface area contributed by atoms with Crippen LogP contribution in [0.3, 0.4) is 0 Å². The van der Waals surface area contributed by atoms with Gasteiger partial charge in [-0.1, -0.05) is 6.42 Å². The minimum Gasteiger partial charge on any atom is -0.308 e. The van der Waals surface area contributed by atoms with Crippen LogP contribution in [0.2, 0.25) is 0 Å². The zero-order valence-electron chi connectivity index (χ0n) is 9.49. The fourth-order valence-electron chi connectivity index (χ4n) is 1.93. The van der Waals surface area contributed by atoms with Crippen LogP contribution in [0, 0.1) is 0 Å². The average Bonchev–Trinajstić information content (AvgIpc) is 2.67. The number of aromatic nitrogens is 1. The molecule has 1 aliphatic heterocycles. The van der Waals surface area contributed by atoms with Crippen LogP contribution in [0.1, 0.15) is 35.2 Å². The van der Waals surface area contributed by atoms with Crippen molar-refractivity contribution in [1.82, 2.24) is 15.2 Å². The van der Waals surface area contributed by atoms with Gasteiger partial charge in [-0.05, 0) is 33.5 Å². The van der Waals surface area contributed by atoms with Crippen molar-refractivity contribution in [3.8, 4) is 0 Å². The Bertz CT molecular complexity index is 303. The first kappa shape index (κ1) is 11.0. The third-order valence-electron chi connectivity index (χ3n) is 2.65. The second kappa shape index (κ2) is 5.05. The van der Waals surface area contributed by atoms with Crippen molar-refractivity contribution in [3.05, 3.63) is 16.1 Å². The summed E-state index contributed by atoms with van der Waals surface area (Å²) in [6.07, 6.45) is 5.91. The SMILES string of the molecule is CN(C)Cc1cnc(C2CCCCN2)s1. The Morgan fingerprint density at radius 2 is 2.40 bits per heavy atom. The fourth-order valence-corrected chi connectivity index (χ4v) is 3.08. The summed E-state index contributed by atoms with van der Waals surface area (Å²) in [5.74, 6) is 0. The Balaban J connectivity index is 1.99. The maximum atomic E-state index is 4.52. The highest BCUT2D eigenvalue weighted by molar-refractivity contribution is 7.11. The van der Waals surface area contributed by atoms with Crippen LogP contribution < -0.4 is 5.32 Å². The Kier molecular flexibility index (Phi) is 3.72. The molecule has 0 spiro atoms. The molecule has 4 heteroatoms. The van der Waals surface area contributed by atoms with Crippen LogP contribution in [-0.2, 0) is 6.54 Å². The highest BCUT2D eigenvalue weighted by Gasteiger charge is 2.17. The molecule has 1 aliphatic rings. The molecule has 0 radical (unpaired) electrons. The van der Waals surface area contributed by atoms with E-state index in [0.29, 0.717) is 6.04 Å². The standard InChI is InChI=1S/C11H19N3S/c1-14(2)8-9-7-13-11(15-9)10-5-3-4-6-12-10/h7,10,12H,3-6,8H2,1-2H3. The molecule has 1 N–H and O–H groups in total. The first-order chi connectivity index (χ1) is 7.25. The minimum atomic E-state index is 0.514. The second-order valence-corrected chi connectivity index (χ2v) is 5.55. The van der Waals surface area contributed by atoms with Crippen molar-refractivity contribution < 1.29 is 0 Å². The summed E-state index contributed by atoms with van der Waals surface area (Å²) < 4.78 is 0. The van der Waals surface area contributed by atoms with Crippen LogP contribution in [0.5, 0.6) is 0 Å². The van der Waals surface area contributed by atoms with E-state index in [2.05, 4.69) is 29.3 Å². The molecule has 1 atom stereocenters. The van der Waals surface area contributed by atoms with Gasteiger partial charge >= 0.3 is 0 Å². The zero-order chi connectivity index (χ0) is 10.7. The van der Waals surface area contributed by atoms with E-state index in [1.807, 2.05) is 17.5 Å². The maximum absolute atomic E-state index is 4.52. The highest BCUT2D eigenvalue weighted by atomic mass is 32.1. The quantitative estimate of drug-likeness (QED) is 0.853.